The van der Waals surface area contributed by atoms with Gasteiger partial charge in [0, 0.05) is 24.7 Å². The largest absolute Gasteiger partial charge is 0.481 e. The van der Waals surface area contributed by atoms with Gasteiger partial charge in [-0.2, -0.15) is 0 Å². The molecule has 2 aromatic rings. The second-order valence-corrected chi connectivity index (χ2v) is 5.04. The van der Waals surface area contributed by atoms with Crippen LogP contribution in [0.2, 0.25) is 0 Å². The molecule has 0 aliphatic carbocycles. The quantitative estimate of drug-likeness (QED) is 0.877. The summed E-state index contributed by atoms with van der Waals surface area (Å²) < 4.78 is 0. The molecule has 20 heavy (non-hydrogen) atoms. The van der Waals surface area contributed by atoms with Crippen molar-refractivity contribution >= 4 is 22.6 Å². The van der Waals surface area contributed by atoms with Gasteiger partial charge in [0.05, 0.1) is 17.1 Å². The van der Waals surface area contributed by atoms with Crippen LogP contribution in [0, 0.1) is 5.92 Å². The van der Waals surface area contributed by atoms with E-state index in [9.17, 15) is 4.79 Å². The van der Waals surface area contributed by atoms with Crippen LogP contribution in [0.1, 0.15) is 20.3 Å². The molecule has 1 unspecified atom stereocenters. The van der Waals surface area contributed by atoms with E-state index in [-0.39, 0.29) is 0 Å². The zero-order chi connectivity index (χ0) is 14.5. The monoisotopic (exact) mass is 272 g/mol. The van der Waals surface area contributed by atoms with Crippen LogP contribution in [0.3, 0.4) is 0 Å². The number of carboxylic acids is 1. The molecule has 4 heteroatoms. The van der Waals surface area contributed by atoms with E-state index < -0.39 is 11.9 Å². The zero-order valence-electron chi connectivity index (χ0n) is 11.9. The Morgan fingerprint density at radius 3 is 2.80 bits per heavy atom. The lowest BCUT2D eigenvalue weighted by atomic mass is 10.1. The summed E-state index contributed by atoms with van der Waals surface area (Å²) in [5, 5.41) is 10.2. The molecule has 0 amide bonds. The SMILES string of the molecule is CCCN(CC(C)C(=O)O)c1cccc2cccnc12. The van der Waals surface area contributed by atoms with Crippen molar-refractivity contribution in [2.24, 2.45) is 5.92 Å². The molecule has 0 saturated heterocycles. The lowest BCUT2D eigenvalue weighted by Gasteiger charge is -2.27. The molecule has 4 nitrogen and oxygen atoms in total. The van der Waals surface area contributed by atoms with Crippen LogP contribution in [0.5, 0.6) is 0 Å². The van der Waals surface area contributed by atoms with E-state index in [4.69, 9.17) is 5.11 Å². The number of anilines is 1. The summed E-state index contributed by atoms with van der Waals surface area (Å²) in [5.41, 5.74) is 1.94. The topological polar surface area (TPSA) is 53.4 Å². The average molecular weight is 272 g/mol. The van der Waals surface area contributed by atoms with Crippen molar-refractivity contribution in [1.82, 2.24) is 4.98 Å². The first-order valence-corrected chi connectivity index (χ1v) is 6.95. The van der Waals surface area contributed by atoms with E-state index in [1.165, 1.54) is 0 Å². The Balaban J connectivity index is 2.38. The van der Waals surface area contributed by atoms with Gasteiger partial charge in [-0.3, -0.25) is 9.78 Å². The molecule has 0 saturated carbocycles. The molecule has 1 aromatic carbocycles. The number of hydrogen-bond donors (Lipinski definition) is 1. The van der Waals surface area contributed by atoms with Crippen molar-refractivity contribution in [3.63, 3.8) is 0 Å². The zero-order valence-corrected chi connectivity index (χ0v) is 11.9. The number of pyridine rings is 1. The van der Waals surface area contributed by atoms with Crippen molar-refractivity contribution < 1.29 is 9.90 Å². The lowest BCUT2D eigenvalue weighted by Crippen LogP contribution is -2.32. The standard InChI is InChI=1S/C16H20N2O2/c1-3-10-18(11-12(2)16(19)20)14-8-4-6-13-7-5-9-17-15(13)14/h4-9,12H,3,10-11H2,1-2H3,(H,19,20). The molecule has 2 rings (SSSR count). The fourth-order valence-electron chi connectivity index (χ4n) is 2.33. The third-order valence-corrected chi connectivity index (χ3v) is 3.36. The number of hydrogen-bond acceptors (Lipinski definition) is 3. The highest BCUT2D eigenvalue weighted by atomic mass is 16.4. The molecule has 0 fully saturated rings. The van der Waals surface area contributed by atoms with Crippen molar-refractivity contribution in [1.29, 1.82) is 0 Å². The number of fused-ring (bicyclic) bond motifs is 1. The van der Waals surface area contributed by atoms with Crippen LogP contribution >= 0.6 is 0 Å². The number of para-hydroxylation sites is 1. The minimum Gasteiger partial charge on any atom is -0.481 e. The highest BCUT2D eigenvalue weighted by Crippen LogP contribution is 2.25. The summed E-state index contributed by atoms with van der Waals surface area (Å²) >= 11 is 0. The summed E-state index contributed by atoms with van der Waals surface area (Å²) in [6.45, 7) is 5.16. The minimum atomic E-state index is -0.765. The molecule has 0 aliphatic rings. The average Bonchev–Trinajstić information content (AvgIpc) is 2.46. The Bertz CT molecular complexity index is 593. The van der Waals surface area contributed by atoms with Gasteiger partial charge in [0.2, 0.25) is 0 Å². The van der Waals surface area contributed by atoms with Gasteiger partial charge >= 0.3 is 5.97 Å². The number of carbonyl (C=O) groups is 1. The van der Waals surface area contributed by atoms with E-state index in [2.05, 4.69) is 16.8 Å². The second kappa shape index (κ2) is 6.37. The normalized spacial score (nSPS) is 12.3. The van der Waals surface area contributed by atoms with E-state index in [1.54, 1.807) is 13.1 Å². The van der Waals surface area contributed by atoms with Crippen LogP contribution in [0.25, 0.3) is 10.9 Å². The Kier molecular flexibility index (Phi) is 4.56. The molecule has 0 aliphatic heterocycles. The van der Waals surface area contributed by atoms with Gasteiger partial charge in [0.25, 0.3) is 0 Å². The van der Waals surface area contributed by atoms with Gasteiger partial charge < -0.3 is 10.0 Å². The summed E-state index contributed by atoms with van der Waals surface area (Å²) in [6, 6.07) is 9.97. The van der Waals surface area contributed by atoms with Gasteiger partial charge in [-0.15, -0.1) is 0 Å². The fourth-order valence-corrected chi connectivity index (χ4v) is 2.33. The van der Waals surface area contributed by atoms with Crippen molar-refractivity contribution in [3.8, 4) is 0 Å². The number of nitrogens with zero attached hydrogens (tertiary/aromatic N) is 2. The lowest BCUT2D eigenvalue weighted by molar-refractivity contribution is -0.140. The van der Waals surface area contributed by atoms with Crippen molar-refractivity contribution in [2.75, 3.05) is 18.0 Å². The predicted octanol–water partition coefficient (Wildman–Crippen LogP) is 3.17. The van der Waals surface area contributed by atoms with E-state index in [0.717, 1.165) is 29.6 Å². The molecular formula is C16H20N2O2. The maximum atomic E-state index is 11.1. The van der Waals surface area contributed by atoms with Crippen LogP contribution in [-0.4, -0.2) is 29.1 Å². The molecular weight excluding hydrogens is 252 g/mol. The number of carboxylic acid groups (broad SMARTS) is 1. The van der Waals surface area contributed by atoms with Crippen LogP contribution in [0.15, 0.2) is 36.5 Å². The number of aliphatic carboxylic acids is 1. The van der Waals surface area contributed by atoms with Crippen LogP contribution in [0.4, 0.5) is 5.69 Å². The van der Waals surface area contributed by atoms with E-state index >= 15 is 0 Å². The third-order valence-electron chi connectivity index (χ3n) is 3.36. The molecule has 0 spiro atoms. The van der Waals surface area contributed by atoms with Crippen molar-refractivity contribution in [3.05, 3.63) is 36.5 Å². The summed E-state index contributed by atoms with van der Waals surface area (Å²) in [5.74, 6) is -1.17. The predicted molar refractivity (Wildman–Crippen MR) is 81.0 cm³/mol. The summed E-state index contributed by atoms with van der Waals surface area (Å²) in [4.78, 5) is 17.7. The third kappa shape index (κ3) is 3.07. The molecule has 0 radical (unpaired) electrons. The summed E-state index contributed by atoms with van der Waals surface area (Å²) in [6.07, 6.45) is 2.74. The molecule has 1 atom stereocenters. The molecule has 0 bridgehead atoms. The van der Waals surface area contributed by atoms with Gasteiger partial charge in [-0.1, -0.05) is 32.0 Å². The number of aromatic nitrogens is 1. The highest BCUT2D eigenvalue weighted by Gasteiger charge is 2.17. The molecule has 106 valence electrons. The minimum absolute atomic E-state index is 0.402. The number of rotatable bonds is 6. The van der Waals surface area contributed by atoms with Gasteiger partial charge in [-0.25, -0.2) is 0 Å². The Morgan fingerprint density at radius 1 is 1.35 bits per heavy atom. The maximum Gasteiger partial charge on any atom is 0.308 e. The number of benzene rings is 1. The van der Waals surface area contributed by atoms with Crippen molar-refractivity contribution in [2.45, 2.75) is 20.3 Å². The van der Waals surface area contributed by atoms with E-state index in [1.807, 2.05) is 30.3 Å². The first kappa shape index (κ1) is 14.3. The van der Waals surface area contributed by atoms with Crippen LogP contribution < -0.4 is 4.90 Å². The smallest absolute Gasteiger partial charge is 0.308 e. The Morgan fingerprint density at radius 2 is 2.10 bits per heavy atom. The Hall–Kier alpha value is -2.10. The van der Waals surface area contributed by atoms with Gasteiger partial charge in [0.15, 0.2) is 0 Å². The second-order valence-electron chi connectivity index (χ2n) is 5.04. The van der Waals surface area contributed by atoms with Gasteiger partial charge in [-0.05, 0) is 18.6 Å². The van der Waals surface area contributed by atoms with Gasteiger partial charge in [0.1, 0.15) is 0 Å². The van der Waals surface area contributed by atoms with E-state index in [0.29, 0.717) is 6.54 Å². The fraction of sp³-hybridized carbons (Fsp3) is 0.375. The highest BCUT2D eigenvalue weighted by molar-refractivity contribution is 5.90. The molecule has 1 heterocycles. The molecule has 1 N–H and O–H groups in total. The first-order chi connectivity index (χ1) is 9.63. The maximum absolute atomic E-state index is 11.1. The molecule has 1 aromatic heterocycles. The summed E-state index contributed by atoms with van der Waals surface area (Å²) in [7, 11) is 0. The first-order valence-electron chi connectivity index (χ1n) is 6.95. The van der Waals surface area contributed by atoms with Crippen LogP contribution in [-0.2, 0) is 4.79 Å². The Labute approximate surface area is 119 Å².